The highest BCUT2D eigenvalue weighted by Crippen LogP contribution is 2.33. The first-order valence-electron chi connectivity index (χ1n) is 5.85. The first-order chi connectivity index (χ1) is 8.63. The van der Waals surface area contributed by atoms with Crippen LogP contribution in [-0.4, -0.2) is 6.54 Å². The van der Waals surface area contributed by atoms with Gasteiger partial charge < -0.3 is 5.32 Å². The quantitative estimate of drug-likeness (QED) is 0.751. The molecule has 1 atom stereocenters. The Morgan fingerprint density at radius 2 is 2.00 bits per heavy atom. The Hall–Kier alpha value is -0.160. The molecule has 0 radical (unpaired) electrons. The Balaban J connectivity index is 2.48. The second kappa shape index (κ2) is 6.33. The van der Waals surface area contributed by atoms with Gasteiger partial charge >= 0.3 is 0 Å². The van der Waals surface area contributed by atoms with Gasteiger partial charge in [0, 0.05) is 13.8 Å². The molecule has 0 amide bonds. The number of halogens is 2. The molecule has 0 saturated heterocycles. The Kier molecular flexibility index (Phi) is 5.01. The third-order valence-corrected chi connectivity index (χ3v) is 4.96. The summed E-state index contributed by atoms with van der Waals surface area (Å²) in [7, 11) is 0. The van der Waals surface area contributed by atoms with Crippen LogP contribution in [-0.2, 0) is 0 Å². The molecule has 1 aromatic carbocycles. The van der Waals surface area contributed by atoms with Crippen molar-refractivity contribution in [1.82, 2.24) is 5.32 Å². The van der Waals surface area contributed by atoms with Crippen molar-refractivity contribution in [3.63, 3.8) is 0 Å². The van der Waals surface area contributed by atoms with Gasteiger partial charge in [-0.2, -0.15) is 0 Å². The smallest absolute Gasteiger partial charge is 0.0599 e. The van der Waals surface area contributed by atoms with Crippen molar-refractivity contribution in [2.45, 2.75) is 19.9 Å². The minimum Gasteiger partial charge on any atom is -0.306 e. The van der Waals surface area contributed by atoms with Crippen molar-refractivity contribution in [1.29, 1.82) is 0 Å². The summed E-state index contributed by atoms with van der Waals surface area (Å²) >= 11 is 9.00. The van der Waals surface area contributed by atoms with Gasteiger partial charge in [-0.05, 0) is 54.2 Å². The predicted molar refractivity (Wildman–Crippen MR) is 86.4 cm³/mol. The van der Waals surface area contributed by atoms with Crippen molar-refractivity contribution in [3.8, 4) is 0 Å². The summed E-state index contributed by atoms with van der Waals surface area (Å²) in [4.78, 5) is 1.37. The van der Waals surface area contributed by atoms with Crippen LogP contribution in [0.1, 0.15) is 29.0 Å². The molecule has 1 nitrogen and oxygen atoms in total. The monoisotopic (exact) mass is 387 g/mol. The lowest BCUT2D eigenvalue weighted by atomic mass is 9.99. The van der Waals surface area contributed by atoms with Gasteiger partial charge in [0.2, 0.25) is 0 Å². The van der Waals surface area contributed by atoms with E-state index in [-0.39, 0.29) is 6.04 Å². The zero-order chi connectivity index (χ0) is 13.1. The molecule has 96 valence electrons. The van der Waals surface area contributed by atoms with Gasteiger partial charge in [-0.25, -0.2) is 0 Å². The van der Waals surface area contributed by atoms with Gasteiger partial charge in [0.05, 0.1) is 6.04 Å². The van der Waals surface area contributed by atoms with E-state index in [1.165, 1.54) is 16.0 Å². The van der Waals surface area contributed by atoms with Gasteiger partial charge in [-0.15, -0.1) is 11.3 Å². The van der Waals surface area contributed by atoms with Crippen molar-refractivity contribution >= 4 is 43.2 Å². The third kappa shape index (κ3) is 3.05. The SMILES string of the molecule is CCNC(c1cc(Br)ccc1Br)c1ccsc1C. The van der Waals surface area contributed by atoms with Crippen molar-refractivity contribution in [2.24, 2.45) is 0 Å². The van der Waals surface area contributed by atoms with Crippen LogP contribution in [0.15, 0.2) is 38.6 Å². The molecule has 0 fully saturated rings. The van der Waals surface area contributed by atoms with E-state index in [2.05, 4.69) is 80.7 Å². The average molecular weight is 389 g/mol. The largest absolute Gasteiger partial charge is 0.306 e. The van der Waals surface area contributed by atoms with E-state index in [0.29, 0.717) is 0 Å². The summed E-state index contributed by atoms with van der Waals surface area (Å²) in [6.45, 7) is 5.26. The number of nitrogens with one attached hydrogen (secondary N) is 1. The zero-order valence-electron chi connectivity index (χ0n) is 10.3. The first kappa shape index (κ1) is 14.3. The number of thiophene rings is 1. The van der Waals surface area contributed by atoms with Crippen LogP contribution < -0.4 is 5.32 Å². The molecule has 1 aromatic heterocycles. The molecule has 0 spiro atoms. The normalized spacial score (nSPS) is 12.7. The molecule has 1 N–H and O–H groups in total. The number of aryl methyl sites for hydroxylation is 1. The van der Waals surface area contributed by atoms with E-state index >= 15 is 0 Å². The van der Waals surface area contributed by atoms with Crippen LogP contribution in [0.5, 0.6) is 0 Å². The number of hydrogen-bond donors (Lipinski definition) is 1. The molecule has 0 bridgehead atoms. The van der Waals surface area contributed by atoms with Gasteiger partial charge in [0.25, 0.3) is 0 Å². The van der Waals surface area contributed by atoms with Crippen LogP contribution in [0.25, 0.3) is 0 Å². The van der Waals surface area contributed by atoms with E-state index in [9.17, 15) is 0 Å². The van der Waals surface area contributed by atoms with E-state index in [0.717, 1.165) is 15.5 Å². The minimum atomic E-state index is 0.244. The summed E-state index contributed by atoms with van der Waals surface area (Å²) in [5.74, 6) is 0. The molecule has 0 aliphatic heterocycles. The Bertz CT molecular complexity index is 536. The molecule has 18 heavy (non-hydrogen) atoms. The van der Waals surface area contributed by atoms with Gasteiger partial charge in [-0.3, -0.25) is 0 Å². The number of benzene rings is 1. The lowest BCUT2D eigenvalue weighted by Gasteiger charge is -2.20. The maximum atomic E-state index is 3.65. The van der Waals surface area contributed by atoms with Crippen LogP contribution in [0.2, 0.25) is 0 Å². The highest BCUT2D eigenvalue weighted by molar-refractivity contribution is 9.11. The predicted octanol–water partition coefficient (Wildman–Crippen LogP) is 5.28. The van der Waals surface area contributed by atoms with Gasteiger partial charge in [0.15, 0.2) is 0 Å². The van der Waals surface area contributed by atoms with Crippen LogP contribution in [0.4, 0.5) is 0 Å². The fraction of sp³-hybridized carbons (Fsp3) is 0.286. The topological polar surface area (TPSA) is 12.0 Å². The molecule has 2 rings (SSSR count). The summed E-state index contributed by atoms with van der Waals surface area (Å²) in [6, 6.07) is 8.77. The average Bonchev–Trinajstić information content (AvgIpc) is 2.76. The Morgan fingerprint density at radius 1 is 1.22 bits per heavy atom. The third-order valence-electron chi connectivity index (χ3n) is 2.89. The highest BCUT2D eigenvalue weighted by atomic mass is 79.9. The van der Waals surface area contributed by atoms with Gasteiger partial charge in [-0.1, -0.05) is 38.8 Å². The Morgan fingerprint density at radius 3 is 2.61 bits per heavy atom. The summed E-state index contributed by atoms with van der Waals surface area (Å²) in [5.41, 5.74) is 2.63. The zero-order valence-corrected chi connectivity index (χ0v) is 14.3. The number of hydrogen-bond acceptors (Lipinski definition) is 2. The Labute approximate surface area is 129 Å². The first-order valence-corrected chi connectivity index (χ1v) is 8.32. The van der Waals surface area contributed by atoms with E-state index < -0.39 is 0 Å². The summed E-state index contributed by atoms with van der Waals surface area (Å²) in [5, 5.41) is 5.72. The van der Waals surface area contributed by atoms with E-state index in [1.807, 2.05) is 0 Å². The van der Waals surface area contributed by atoms with Crippen molar-refractivity contribution in [2.75, 3.05) is 6.54 Å². The molecule has 4 heteroatoms. The van der Waals surface area contributed by atoms with Crippen molar-refractivity contribution < 1.29 is 0 Å². The highest BCUT2D eigenvalue weighted by Gasteiger charge is 2.18. The maximum Gasteiger partial charge on any atom is 0.0599 e. The van der Waals surface area contributed by atoms with Crippen LogP contribution in [0.3, 0.4) is 0 Å². The molecule has 2 aromatic rings. The molecule has 0 aliphatic carbocycles. The standard InChI is InChI=1S/C14H15Br2NS/c1-3-17-14(11-6-7-18-9(11)2)12-8-10(15)4-5-13(12)16/h4-8,14,17H,3H2,1-2H3. The summed E-state index contributed by atoms with van der Waals surface area (Å²) in [6.07, 6.45) is 0. The van der Waals surface area contributed by atoms with Crippen LogP contribution in [0, 0.1) is 6.92 Å². The fourth-order valence-electron chi connectivity index (χ4n) is 2.02. The molecule has 0 aliphatic rings. The molecule has 0 saturated carbocycles. The molecular formula is C14H15Br2NS. The second-order valence-electron chi connectivity index (χ2n) is 4.09. The number of rotatable bonds is 4. The lowest BCUT2D eigenvalue weighted by Crippen LogP contribution is -2.22. The molecule has 1 heterocycles. The second-order valence-corrected chi connectivity index (χ2v) is 6.98. The summed E-state index contributed by atoms with van der Waals surface area (Å²) < 4.78 is 2.25. The molecule has 1 unspecified atom stereocenters. The fourth-order valence-corrected chi connectivity index (χ4v) is 3.62. The maximum absolute atomic E-state index is 3.65. The van der Waals surface area contributed by atoms with E-state index in [4.69, 9.17) is 0 Å². The van der Waals surface area contributed by atoms with Gasteiger partial charge in [0.1, 0.15) is 0 Å². The van der Waals surface area contributed by atoms with Crippen LogP contribution >= 0.6 is 43.2 Å². The van der Waals surface area contributed by atoms with E-state index in [1.54, 1.807) is 11.3 Å². The van der Waals surface area contributed by atoms with Crippen molar-refractivity contribution in [3.05, 3.63) is 54.6 Å². The lowest BCUT2D eigenvalue weighted by molar-refractivity contribution is 0.627. The minimum absolute atomic E-state index is 0.244. The molecular weight excluding hydrogens is 374 g/mol.